The number of imidazole rings is 1. The van der Waals surface area contributed by atoms with Crippen LogP contribution in [-0.2, 0) is 7.05 Å². The molecule has 1 saturated carbocycles. The summed E-state index contributed by atoms with van der Waals surface area (Å²) in [4.78, 5) is 14.0. The van der Waals surface area contributed by atoms with Gasteiger partial charge in [0.25, 0.3) is 0 Å². The molecule has 5 nitrogen and oxygen atoms in total. The van der Waals surface area contributed by atoms with E-state index in [0.717, 1.165) is 25.8 Å². The van der Waals surface area contributed by atoms with Gasteiger partial charge in [0.15, 0.2) is 17.0 Å². The van der Waals surface area contributed by atoms with Crippen molar-refractivity contribution in [3.63, 3.8) is 0 Å². The highest BCUT2D eigenvalue weighted by molar-refractivity contribution is 5.86. The van der Waals surface area contributed by atoms with E-state index in [9.17, 15) is 4.39 Å². The van der Waals surface area contributed by atoms with Crippen molar-refractivity contribution in [2.24, 2.45) is 13.0 Å². The molecule has 28 heavy (non-hydrogen) atoms. The topological polar surface area (TPSA) is 55.6 Å². The van der Waals surface area contributed by atoms with Crippen LogP contribution in [0.1, 0.15) is 44.9 Å². The lowest BCUT2D eigenvalue weighted by molar-refractivity contribution is 0.628. The second-order valence-corrected chi connectivity index (χ2v) is 7.25. The van der Waals surface area contributed by atoms with E-state index >= 15 is 0 Å². The Kier molecular flexibility index (Phi) is 5.25. The molecule has 0 radical (unpaired) electrons. The number of hydrogen-bond donors (Lipinski definition) is 1. The number of anilines is 1. The van der Waals surface area contributed by atoms with Gasteiger partial charge in [0, 0.05) is 25.1 Å². The van der Waals surface area contributed by atoms with Crippen molar-refractivity contribution in [1.29, 1.82) is 0 Å². The third kappa shape index (κ3) is 3.70. The third-order valence-corrected chi connectivity index (χ3v) is 5.09. The highest BCUT2D eigenvalue weighted by Gasteiger charge is 2.17. The van der Waals surface area contributed by atoms with Gasteiger partial charge in [-0.1, -0.05) is 37.8 Å². The number of fused-ring (bicyclic) bond motifs is 1. The Bertz CT molecular complexity index is 1050. The fourth-order valence-corrected chi connectivity index (χ4v) is 3.61. The predicted molar refractivity (Wildman–Crippen MR) is 109 cm³/mol. The summed E-state index contributed by atoms with van der Waals surface area (Å²) in [6.07, 6.45) is 5.79. The van der Waals surface area contributed by atoms with Gasteiger partial charge < -0.3 is 9.88 Å². The minimum atomic E-state index is -0.289. The molecule has 2 aromatic heterocycles. The Labute approximate surface area is 164 Å². The average Bonchev–Trinajstić information content (AvgIpc) is 3.33. The number of aryl methyl sites for hydroxylation is 1. The molecule has 144 valence electrons. The normalized spacial score (nSPS) is 14.2. The predicted octanol–water partition coefficient (Wildman–Crippen LogP) is 4.53. The molecular weight excluding hydrogens is 353 g/mol. The van der Waals surface area contributed by atoms with Crippen LogP contribution in [0.4, 0.5) is 10.2 Å². The van der Waals surface area contributed by atoms with E-state index in [1.807, 2.05) is 17.7 Å². The van der Waals surface area contributed by atoms with Crippen LogP contribution in [0.15, 0.2) is 24.3 Å². The summed E-state index contributed by atoms with van der Waals surface area (Å²) in [6, 6.07) is 6.44. The van der Waals surface area contributed by atoms with Gasteiger partial charge in [0.05, 0.1) is 0 Å². The van der Waals surface area contributed by atoms with Crippen LogP contribution in [0, 0.1) is 23.6 Å². The second-order valence-electron chi connectivity index (χ2n) is 7.25. The Morgan fingerprint density at radius 3 is 2.79 bits per heavy atom. The molecule has 0 aliphatic heterocycles. The van der Waals surface area contributed by atoms with Gasteiger partial charge in [-0.25, -0.2) is 19.3 Å². The van der Waals surface area contributed by atoms with E-state index in [2.05, 4.69) is 34.0 Å². The lowest BCUT2D eigenvalue weighted by atomic mass is 10.1. The molecule has 0 bridgehead atoms. The molecule has 1 fully saturated rings. The molecule has 0 atom stereocenters. The first-order chi connectivity index (χ1) is 13.7. The number of nitrogens with one attached hydrogen (secondary N) is 1. The minimum Gasteiger partial charge on any atom is -0.368 e. The Hall–Kier alpha value is -2.94. The minimum absolute atomic E-state index is 0.289. The van der Waals surface area contributed by atoms with Crippen LogP contribution in [0.25, 0.3) is 22.6 Å². The summed E-state index contributed by atoms with van der Waals surface area (Å²) in [6.45, 7) is 2.89. The van der Waals surface area contributed by atoms with Gasteiger partial charge in [0.2, 0.25) is 5.82 Å². The van der Waals surface area contributed by atoms with E-state index in [1.54, 1.807) is 6.07 Å². The monoisotopic (exact) mass is 377 g/mol. The molecule has 0 saturated heterocycles. The van der Waals surface area contributed by atoms with Crippen molar-refractivity contribution in [3.8, 4) is 23.2 Å². The van der Waals surface area contributed by atoms with Crippen LogP contribution in [0.5, 0.6) is 0 Å². The smallest absolute Gasteiger partial charge is 0.208 e. The van der Waals surface area contributed by atoms with Gasteiger partial charge >= 0.3 is 0 Å². The van der Waals surface area contributed by atoms with Gasteiger partial charge in [0.1, 0.15) is 11.6 Å². The summed E-state index contributed by atoms with van der Waals surface area (Å²) >= 11 is 0. The van der Waals surface area contributed by atoms with E-state index in [0.29, 0.717) is 40.1 Å². The Morgan fingerprint density at radius 1 is 1.21 bits per heavy atom. The second kappa shape index (κ2) is 7.97. The molecule has 2 heterocycles. The van der Waals surface area contributed by atoms with Gasteiger partial charge in [-0.3, -0.25) is 0 Å². The zero-order valence-corrected chi connectivity index (χ0v) is 16.3. The first-order valence-electron chi connectivity index (χ1n) is 9.91. The largest absolute Gasteiger partial charge is 0.368 e. The Balaban J connectivity index is 1.81. The molecule has 1 N–H and O–H groups in total. The van der Waals surface area contributed by atoms with E-state index < -0.39 is 0 Å². The summed E-state index contributed by atoms with van der Waals surface area (Å²) in [5.41, 5.74) is 2.09. The highest BCUT2D eigenvalue weighted by Crippen LogP contribution is 2.27. The van der Waals surface area contributed by atoms with Gasteiger partial charge in [-0.05, 0) is 37.3 Å². The first kappa shape index (κ1) is 18.4. The number of nitrogens with zero attached hydrogens (tertiary/aromatic N) is 4. The number of benzene rings is 1. The SMILES string of the molecule is CCCNc1nc(C#CC2CCCC2)nc2c1nc(-c1cccc(F)c1)n2C. The quantitative estimate of drug-likeness (QED) is 0.679. The fourth-order valence-electron chi connectivity index (χ4n) is 3.61. The standard InChI is InChI=1S/C22H24FN5/c1-3-13-24-20-19-22(26-18(25-20)12-11-15-7-4-5-8-15)28(2)21(27-19)16-9-6-10-17(23)14-16/h6,9-10,14-15H,3-5,7-8,13H2,1-2H3,(H,24,25,26). The maximum atomic E-state index is 13.7. The molecule has 1 aliphatic rings. The van der Waals surface area contributed by atoms with Crippen molar-refractivity contribution in [1.82, 2.24) is 19.5 Å². The molecular formula is C22H24FN5. The van der Waals surface area contributed by atoms with Gasteiger partial charge in [-0.15, -0.1) is 0 Å². The fraction of sp³-hybridized carbons (Fsp3) is 0.409. The van der Waals surface area contributed by atoms with Gasteiger partial charge in [-0.2, -0.15) is 0 Å². The lowest BCUT2D eigenvalue weighted by Crippen LogP contribution is -2.06. The van der Waals surface area contributed by atoms with E-state index in [4.69, 9.17) is 4.98 Å². The maximum absolute atomic E-state index is 13.7. The van der Waals surface area contributed by atoms with Crippen LogP contribution >= 0.6 is 0 Å². The summed E-state index contributed by atoms with van der Waals surface area (Å²) in [5, 5.41) is 3.34. The van der Waals surface area contributed by atoms with E-state index in [-0.39, 0.29) is 5.82 Å². The number of hydrogen-bond acceptors (Lipinski definition) is 4. The van der Waals surface area contributed by atoms with Crippen LogP contribution in [0.3, 0.4) is 0 Å². The van der Waals surface area contributed by atoms with E-state index in [1.165, 1.54) is 25.0 Å². The summed E-state index contributed by atoms with van der Waals surface area (Å²) < 4.78 is 15.6. The first-order valence-corrected chi connectivity index (χ1v) is 9.91. The number of halogens is 1. The van der Waals surface area contributed by atoms with Crippen molar-refractivity contribution in [2.75, 3.05) is 11.9 Å². The Morgan fingerprint density at radius 2 is 2.04 bits per heavy atom. The third-order valence-electron chi connectivity index (χ3n) is 5.09. The average molecular weight is 377 g/mol. The lowest BCUT2D eigenvalue weighted by Gasteiger charge is -2.05. The molecule has 0 unspecified atom stereocenters. The van der Waals surface area contributed by atoms with Crippen LogP contribution in [-0.4, -0.2) is 26.1 Å². The van der Waals surface area contributed by atoms with Crippen molar-refractivity contribution in [2.45, 2.75) is 39.0 Å². The zero-order chi connectivity index (χ0) is 19.5. The summed E-state index contributed by atoms with van der Waals surface area (Å²) in [5.74, 6) is 8.50. The van der Waals surface area contributed by atoms with Crippen molar-refractivity contribution in [3.05, 3.63) is 35.9 Å². The molecule has 0 amide bonds. The molecule has 3 aromatic rings. The molecule has 0 spiro atoms. The molecule has 4 rings (SSSR count). The number of aromatic nitrogens is 4. The highest BCUT2D eigenvalue weighted by atomic mass is 19.1. The number of rotatable bonds is 4. The maximum Gasteiger partial charge on any atom is 0.208 e. The summed E-state index contributed by atoms with van der Waals surface area (Å²) in [7, 11) is 1.89. The molecule has 1 aromatic carbocycles. The zero-order valence-electron chi connectivity index (χ0n) is 16.3. The molecule has 1 aliphatic carbocycles. The van der Waals surface area contributed by atoms with Crippen molar-refractivity contribution >= 4 is 17.0 Å². The van der Waals surface area contributed by atoms with Crippen molar-refractivity contribution < 1.29 is 4.39 Å². The van der Waals surface area contributed by atoms with Crippen LogP contribution in [0.2, 0.25) is 0 Å². The molecule has 6 heteroatoms. The van der Waals surface area contributed by atoms with Crippen LogP contribution < -0.4 is 5.32 Å².